The minimum absolute atomic E-state index is 0.195. The lowest BCUT2D eigenvalue weighted by Gasteiger charge is -2.35. The fourth-order valence-electron chi connectivity index (χ4n) is 2.69. The molecule has 3 rings (SSSR count). The van der Waals surface area contributed by atoms with Gasteiger partial charge in [0.05, 0.1) is 12.1 Å². The molecule has 1 saturated heterocycles. The minimum Gasteiger partial charge on any atom is -0.360 e. The average molecular weight is 369 g/mol. The molecule has 3 heterocycles. The standard InChI is InChI=1S/C16H18F3N5O2/c1-11-8-13(22-26-11)21-15(25)10-23-4-6-24(7-5-23)14-3-2-12(9-20-14)16(17,18)19/h2-3,8-9H,4-7,10H2,1H3,(H,21,22,25). The van der Waals surface area contributed by atoms with Crippen molar-refractivity contribution in [2.24, 2.45) is 0 Å². The molecule has 0 spiro atoms. The summed E-state index contributed by atoms with van der Waals surface area (Å²) in [7, 11) is 0. The third-order valence-corrected chi connectivity index (χ3v) is 4.03. The van der Waals surface area contributed by atoms with Crippen LogP contribution in [0, 0.1) is 6.92 Å². The monoisotopic (exact) mass is 369 g/mol. The van der Waals surface area contributed by atoms with Crippen LogP contribution in [0.25, 0.3) is 0 Å². The van der Waals surface area contributed by atoms with Gasteiger partial charge in [-0.3, -0.25) is 9.69 Å². The zero-order valence-corrected chi connectivity index (χ0v) is 14.1. The summed E-state index contributed by atoms with van der Waals surface area (Å²) in [5.41, 5.74) is -0.764. The van der Waals surface area contributed by atoms with Crippen molar-refractivity contribution in [1.82, 2.24) is 15.0 Å². The molecular weight excluding hydrogens is 351 g/mol. The maximum Gasteiger partial charge on any atom is 0.417 e. The van der Waals surface area contributed by atoms with Crippen molar-refractivity contribution in [2.45, 2.75) is 13.1 Å². The molecular formula is C16H18F3N5O2. The third-order valence-electron chi connectivity index (χ3n) is 4.03. The van der Waals surface area contributed by atoms with Gasteiger partial charge in [0.2, 0.25) is 5.91 Å². The molecule has 1 amide bonds. The van der Waals surface area contributed by atoms with Gasteiger partial charge in [0.15, 0.2) is 5.82 Å². The number of carbonyl (C=O) groups is 1. The molecule has 7 nitrogen and oxygen atoms in total. The molecule has 0 aliphatic carbocycles. The molecule has 140 valence electrons. The van der Waals surface area contributed by atoms with Crippen molar-refractivity contribution in [3.63, 3.8) is 0 Å². The Labute approximate surface area is 147 Å². The van der Waals surface area contributed by atoms with Crippen molar-refractivity contribution >= 4 is 17.5 Å². The van der Waals surface area contributed by atoms with Crippen LogP contribution in [0.1, 0.15) is 11.3 Å². The van der Waals surface area contributed by atoms with Crippen LogP contribution in [0.3, 0.4) is 0 Å². The number of anilines is 2. The summed E-state index contributed by atoms with van der Waals surface area (Å²) in [6.07, 6.45) is -3.55. The van der Waals surface area contributed by atoms with Gasteiger partial charge in [0, 0.05) is 38.4 Å². The first-order chi connectivity index (χ1) is 12.3. The fourth-order valence-corrected chi connectivity index (χ4v) is 2.69. The SMILES string of the molecule is Cc1cc(NC(=O)CN2CCN(c3ccc(C(F)(F)F)cn3)CC2)no1. The largest absolute Gasteiger partial charge is 0.417 e. The molecule has 1 aliphatic heterocycles. The number of piperazine rings is 1. The third kappa shape index (κ3) is 4.51. The quantitative estimate of drug-likeness (QED) is 0.890. The number of carbonyl (C=O) groups excluding carboxylic acids is 1. The molecule has 0 unspecified atom stereocenters. The van der Waals surface area contributed by atoms with Crippen molar-refractivity contribution in [3.8, 4) is 0 Å². The van der Waals surface area contributed by atoms with E-state index >= 15 is 0 Å². The van der Waals surface area contributed by atoms with E-state index in [4.69, 9.17) is 4.52 Å². The molecule has 0 saturated carbocycles. The molecule has 2 aromatic rings. The van der Waals surface area contributed by atoms with Gasteiger partial charge in [0.25, 0.3) is 0 Å². The normalized spacial score (nSPS) is 15.9. The van der Waals surface area contributed by atoms with Gasteiger partial charge < -0.3 is 14.7 Å². The highest BCUT2D eigenvalue weighted by Crippen LogP contribution is 2.29. The van der Waals surface area contributed by atoms with E-state index in [0.717, 1.165) is 12.3 Å². The number of hydrogen-bond acceptors (Lipinski definition) is 6. The summed E-state index contributed by atoms with van der Waals surface area (Å²) in [6, 6.07) is 4.03. The van der Waals surface area contributed by atoms with Crippen LogP contribution >= 0.6 is 0 Å². The molecule has 0 bridgehead atoms. The first kappa shape index (κ1) is 18.2. The van der Waals surface area contributed by atoms with Crippen molar-refractivity contribution < 1.29 is 22.5 Å². The molecule has 10 heteroatoms. The predicted molar refractivity (Wildman–Crippen MR) is 87.8 cm³/mol. The highest BCUT2D eigenvalue weighted by molar-refractivity contribution is 5.91. The van der Waals surface area contributed by atoms with Crippen LogP contribution in [-0.2, 0) is 11.0 Å². The van der Waals surface area contributed by atoms with Gasteiger partial charge in [-0.1, -0.05) is 5.16 Å². The summed E-state index contributed by atoms with van der Waals surface area (Å²) in [4.78, 5) is 19.8. The van der Waals surface area contributed by atoms with Crippen LogP contribution in [0.4, 0.5) is 24.8 Å². The van der Waals surface area contributed by atoms with E-state index in [1.54, 1.807) is 13.0 Å². The first-order valence-electron chi connectivity index (χ1n) is 8.05. The van der Waals surface area contributed by atoms with Gasteiger partial charge >= 0.3 is 6.18 Å². The number of halogens is 3. The van der Waals surface area contributed by atoms with Gasteiger partial charge in [-0.05, 0) is 19.1 Å². The summed E-state index contributed by atoms with van der Waals surface area (Å²) in [5, 5.41) is 6.36. The lowest BCUT2D eigenvalue weighted by Crippen LogP contribution is -2.49. The van der Waals surface area contributed by atoms with E-state index in [1.807, 2.05) is 9.80 Å². The van der Waals surface area contributed by atoms with Crippen molar-refractivity contribution in [3.05, 3.63) is 35.7 Å². The first-order valence-corrected chi connectivity index (χ1v) is 8.05. The molecule has 1 fully saturated rings. The Morgan fingerprint density at radius 3 is 2.54 bits per heavy atom. The molecule has 1 N–H and O–H groups in total. The number of amides is 1. The van der Waals surface area contributed by atoms with Gasteiger partial charge in [0.1, 0.15) is 11.6 Å². The maximum absolute atomic E-state index is 12.6. The van der Waals surface area contributed by atoms with Crippen LogP contribution in [-0.4, -0.2) is 53.7 Å². The number of aromatic nitrogens is 2. The lowest BCUT2D eigenvalue weighted by molar-refractivity contribution is -0.137. The number of nitrogens with one attached hydrogen (secondary N) is 1. The van der Waals surface area contributed by atoms with E-state index in [0.29, 0.717) is 43.6 Å². The van der Waals surface area contributed by atoms with Gasteiger partial charge in [-0.25, -0.2) is 4.98 Å². The Hall–Kier alpha value is -2.62. The number of rotatable bonds is 4. The van der Waals surface area contributed by atoms with Crippen LogP contribution < -0.4 is 10.2 Å². The number of nitrogens with zero attached hydrogens (tertiary/aromatic N) is 4. The van der Waals surface area contributed by atoms with E-state index in [-0.39, 0.29) is 12.5 Å². The van der Waals surface area contributed by atoms with Gasteiger partial charge in [-0.2, -0.15) is 13.2 Å². The molecule has 0 atom stereocenters. The maximum atomic E-state index is 12.6. The fraction of sp³-hybridized carbons (Fsp3) is 0.438. The Morgan fingerprint density at radius 2 is 2.00 bits per heavy atom. The van der Waals surface area contributed by atoms with Gasteiger partial charge in [-0.15, -0.1) is 0 Å². The second kappa shape index (κ2) is 7.32. The number of alkyl halides is 3. The number of pyridine rings is 1. The summed E-state index contributed by atoms with van der Waals surface area (Å²) in [5.74, 6) is 1.29. The van der Waals surface area contributed by atoms with E-state index in [1.165, 1.54) is 6.07 Å². The number of hydrogen-bond donors (Lipinski definition) is 1. The average Bonchev–Trinajstić information content (AvgIpc) is 2.99. The minimum atomic E-state index is -4.39. The van der Waals surface area contributed by atoms with Crippen LogP contribution in [0.5, 0.6) is 0 Å². The van der Waals surface area contributed by atoms with Crippen LogP contribution in [0.2, 0.25) is 0 Å². The second-order valence-electron chi connectivity index (χ2n) is 6.04. The van der Waals surface area contributed by atoms with E-state index in [9.17, 15) is 18.0 Å². The summed E-state index contributed by atoms with van der Waals surface area (Å²) < 4.78 is 42.6. The molecule has 1 aliphatic rings. The summed E-state index contributed by atoms with van der Waals surface area (Å²) >= 11 is 0. The van der Waals surface area contributed by atoms with Crippen LogP contribution in [0.15, 0.2) is 28.9 Å². The Bertz CT molecular complexity index is 752. The molecule has 26 heavy (non-hydrogen) atoms. The highest BCUT2D eigenvalue weighted by Gasteiger charge is 2.31. The Kier molecular flexibility index (Phi) is 5.12. The zero-order chi connectivity index (χ0) is 18.7. The van der Waals surface area contributed by atoms with E-state index in [2.05, 4.69) is 15.5 Å². The smallest absolute Gasteiger partial charge is 0.360 e. The molecule has 0 radical (unpaired) electrons. The summed E-state index contributed by atoms with van der Waals surface area (Å²) in [6.45, 7) is 4.31. The second-order valence-corrected chi connectivity index (χ2v) is 6.04. The predicted octanol–water partition coefficient (Wildman–Crippen LogP) is 2.16. The van der Waals surface area contributed by atoms with Crippen molar-refractivity contribution in [2.75, 3.05) is 42.9 Å². The topological polar surface area (TPSA) is 74.5 Å². The Balaban J connectivity index is 1.48. The number of aryl methyl sites for hydroxylation is 1. The van der Waals surface area contributed by atoms with Crippen molar-refractivity contribution in [1.29, 1.82) is 0 Å². The molecule has 0 aromatic carbocycles. The molecule has 2 aromatic heterocycles. The Morgan fingerprint density at radius 1 is 1.27 bits per heavy atom. The lowest BCUT2D eigenvalue weighted by atomic mass is 10.2. The zero-order valence-electron chi connectivity index (χ0n) is 14.1. The van der Waals surface area contributed by atoms with E-state index < -0.39 is 11.7 Å². The highest BCUT2D eigenvalue weighted by atomic mass is 19.4.